The van der Waals surface area contributed by atoms with E-state index >= 15 is 0 Å². The molecule has 1 aromatic rings. The fraction of sp³-hybridized carbons (Fsp3) is 0.500. The van der Waals surface area contributed by atoms with Crippen LogP contribution in [0.5, 0.6) is 0 Å². The monoisotopic (exact) mass is 182 g/mol. The van der Waals surface area contributed by atoms with Crippen LogP contribution in [0.25, 0.3) is 0 Å². The van der Waals surface area contributed by atoms with Crippen LogP contribution in [0, 0.1) is 0 Å². The Morgan fingerprint density at radius 2 is 2.31 bits per heavy atom. The number of hydrogen-bond acceptors (Lipinski definition) is 3. The second-order valence-electron chi connectivity index (χ2n) is 3.23. The molecule has 1 amide bonds. The first-order valence-electron chi connectivity index (χ1n) is 4.10. The maximum absolute atomic E-state index is 11.4. The molecule has 0 spiro atoms. The van der Waals surface area contributed by atoms with E-state index in [2.05, 4.69) is 10.4 Å². The van der Waals surface area contributed by atoms with Crippen LogP contribution in [0.3, 0.4) is 0 Å². The van der Waals surface area contributed by atoms with Crippen molar-refractivity contribution >= 4 is 11.7 Å². The van der Waals surface area contributed by atoms with Gasteiger partial charge in [0.15, 0.2) is 5.82 Å². The number of nitrogens with zero attached hydrogens (tertiary/aromatic N) is 2. The lowest BCUT2D eigenvalue weighted by Gasteiger charge is -2.06. The largest absolute Gasteiger partial charge is 0.382 e. The van der Waals surface area contributed by atoms with Crippen LogP contribution >= 0.6 is 0 Å². The Labute approximate surface area is 76.9 Å². The molecule has 5 heteroatoms. The molecule has 0 aliphatic rings. The number of nitrogens with two attached hydrogens (primary N) is 1. The van der Waals surface area contributed by atoms with Crippen molar-refractivity contribution in [1.82, 2.24) is 15.1 Å². The van der Waals surface area contributed by atoms with Crippen molar-refractivity contribution in [1.29, 1.82) is 0 Å². The van der Waals surface area contributed by atoms with E-state index in [0.717, 1.165) is 0 Å². The summed E-state index contributed by atoms with van der Waals surface area (Å²) in [5.74, 6) is 0.0845. The first-order valence-corrected chi connectivity index (χ1v) is 4.10. The molecule has 0 aromatic carbocycles. The lowest BCUT2D eigenvalue weighted by molar-refractivity contribution is 0.0944. The molecule has 1 rings (SSSR count). The average Bonchev–Trinajstić information content (AvgIpc) is 2.28. The second-order valence-corrected chi connectivity index (χ2v) is 3.23. The SMILES string of the molecule is CC(C)NC(=O)c1cn(C)nc1N. The highest BCUT2D eigenvalue weighted by Crippen LogP contribution is 2.07. The maximum Gasteiger partial charge on any atom is 0.256 e. The van der Waals surface area contributed by atoms with Crippen molar-refractivity contribution < 1.29 is 4.79 Å². The third kappa shape index (κ3) is 2.21. The number of carbonyl (C=O) groups excluding carboxylic acids is 1. The van der Waals surface area contributed by atoms with Crippen LogP contribution in [-0.2, 0) is 7.05 Å². The molecule has 3 N–H and O–H groups in total. The standard InChI is InChI=1S/C8H14N4O/c1-5(2)10-8(13)6-4-12(3)11-7(6)9/h4-5H,1-3H3,(H2,9,11)(H,10,13). The molecule has 13 heavy (non-hydrogen) atoms. The zero-order valence-corrected chi connectivity index (χ0v) is 8.03. The lowest BCUT2D eigenvalue weighted by Crippen LogP contribution is -2.30. The fourth-order valence-electron chi connectivity index (χ4n) is 1.02. The Balaban J connectivity index is 2.82. The summed E-state index contributed by atoms with van der Waals surface area (Å²) in [4.78, 5) is 11.4. The molecule has 0 unspecified atom stereocenters. The molecule has 5 nitrogen and oxygen atoms in total. The number of hydrogen-bond donors (Lipinski definition) is 2. The van der Waals surface area contributed by atoms with Crippen LogP contribution in [0.1, 0.15) is 24.2 Å². The highest BCUT2D eigenvalue weighted by Gasteiger charge is 2.13. The van der Waals surface area contributed by atoms with Gasteiger partial charge in [0.05, 0.1) is 0 Å². The van der Waals surface area contributed by atoms with E-state index in [-0.39, 0.29) is 17.8 Å². The van der Waals surface area contributed by atoms with E-state index in [1.165, 1.54) is 4.68 Å². The summed E-state index contributed by atoms with van der Waals surface area (Å²) < 4.78 is 1.52. The Hall–Kier alpha value is -1.52. The van der Waals surface area contributed by atoms with Crippen molar-refractivity contribution in [2.45, 2.75) is 19.9 Å². The number of amides is 1. The zero-order valence-electron chi connectivity index (χ0n) is 8.03. The van der Waals surface area contributed by atoms with Crippen molar-refractivity contribution in [3.05, 3.63) is 11.8 Å². The van der Waals surface area contributed by atoms with Crippen LogP contribution in [-0.4, -0.2) is 21.7 Å². The molecule has 1 aromatic heterocycles. The summed E-state index contributed by atoms with van der Waals surface area (Å²) in [6.45, 7) is 3.79. The molecule has 0 radical (unpaired) electrons. The Kier molecular flexibility index (Phi) is 2.55. The molecule has 0 saturated heterocycles. The van der Waals surface area contributed by atoms with Crippen LogP contribution in [0.2, 0.25) is 0 Å². The fourth-order valence-corrected chi connectivity index (χ4v) is 1.02. The highest BCUT2D eigenvalue weighted by atomic mass is 16.1. The van der Waals surface area contributed by atoms with Gasteiger partial charge >= 0.3 is 0 Å². The minimum Gasteiger partial charge on any atom is -0.382 e. The first kappa shape index (κ1) is 9.57. The number of rotatable bonds is 2. The third-order valence-corrected chi connectivity index (χ3v) is 1.52. The summed E-state index contributed by atoms with van der Waals surface area (Å²) in [6, 6.07) is 0.104. The molecule has 72 valence electrons. The van der Waals surface area contributed by atoms with E-state index < -0.39 is 0 Å². The van der Waals surface area contributed by atoms with Gasteiger partial charge in [0.25, 0.3) is 5.91 Å². The molecule has 0 aliphatic heterocycles. The number of anilines is 1. The van der Waals surface area contributed by atoms with E-state index in [1.54, 1.807) is 13.2 Å². The molecule has 0 bridgehead atoms. The Bertz CT molecular complexity index is 316. The van der Waals surface area contributed by atoms with Crippen LogP contribution in [0.15, 0.2) is 6.20 Å². The topological polar surface area (TPSA) is 72.9 Å². The lowest BCUT2D eigenvalue weighted by atomic mass is 10.3. The molecule has 0 fully saturated rings. The normalized spacial score (nSPS) is 10.5. The summed E-state index contributed by atoms with van der Waals surface area (Å²) in [5.41, 5.74) is 5.95. The number of nitrogens with one attached hydrogen (secondary N) is 1. The van der Waals surface area contributed by atoms with Crippen LogP contribution < -0.4 is 11.1 Å². The van der Waals surface area contributed by atoms with Crippen molar-refractivity contribution in [3.63, 3.8) is 0 Å². The predicted octanol–water partition coefficient (Wildman–Crippen LogP) is 0.140. The van der Waals surface area contributed by atoms with Gasteiger partial charge in [0, 0.05) is 19.3 Å². The summed E-state index contributed by atoms with van der Waals surface area (Å²) in [6.07, 6.45) is 1.60. The van der Waals surface area contributed by atoms with Gasteiger partial charge in [0.1, 0.15) is 5.56 Å². The predicted molar refractivity (Wildman–Crippen MR) is 50.2 cm³/mol. The molecule has 0 atom stereocenters. The summed E-state index contributed by atoms with van der Waals surface area (Å²) >= 11 is 0. The average molecular weight is 182 g/mol. The summed E-state index contributed by atoms with van der Waals surface area (Å²) in [5, 5.41) is 6.61. The maximum atomic E-state index is 11.4. The van der Waals surface area contributed by atoms with Gasteiger partial charge in [-0.3, -0.25) is 9.48 Å². The van der Waals surface area contributed by atoms with Crippen LogP contribution in [0.4, 0.5) is 5.82 Å². The second kappa shape index (κ2) is 3.47. The Morgan fingerprint density at radius 1 is 1.69 bits per heavy atom. The number of nitrogen functional groups attached to an aromatic ring is 1. The van der Waals surface area contributed by atoms with Crippen molar-refractivity contribution in [3.8, 4) is 0 Å². The van der Waals surface area contributed by atoms with Gasteiger partial charge in [-0.2, -0.15) is 5.10 Å². The van der Waals surface area contributed by atoms with Gasteiger partial charge in [-0.25, -0.2) is 0 Å². The molecular weight excluding hydrogens is 168 g/mol. The Morgan fingerprint density at radius 3 is 2.69 bits per heavy atom. The highest BCUT2D eigenvalue weighted by molar-refractivity contribution is 5.98. The first-order chi connectivity index (χ1) is 6.00. The smallest absolute Gasteiger partial charge is 0.256 e. The zero-order chi connectivity index (χ0) is 10.0. The quantitative estimate of drug-likeness (QED) is 0.683. The minimum absolute atomic E-state index is 0.104. The number of aromatic nitrogens is 2. The van der Waals surface area contributed by atoms with Gasteiger partial charge < -0.3 is 11.1 Å². The summed E-state index contributed by atoms with van der Waals surface area (Å²) in [7, 11) is 1.72. The molecule has 0 aliphatic carbocycles. The number of aryl methyl sites for hydroxylation is 1. The molecular formula is C8H14N4O. The third-order valence-electron chi connectivity index (χ3n) is 1.52. The van der Waals surface area contributed by atoms with Crippen molar-refractivity contribution in [2.24, 2.45) is 7.05 Å². The van der Waals surface area contributed by atoms with E-state index in [1.807, 2.05) is 13.8 Å². The van der Waals surface area contributed by atoms with E-state index in [4.69, 9.17) is 5.73 Å². The molecule has 1 heterocycles. The molecule has 0 saturated carbocycles. The van der Waals surface area contributed by atoms with Gasteiger partial charge in [-0.05, 0) is 13.8 Å². The van der Waals surface area contributed by atoms with Gasteiger partial charge in [0.2, 0.25) is 0 Å². The number of carbonyl (C=O) groups is 1. The minimum atomic E-state index is -0.180. The van der Waals surface area contributed by atoms with Gasteiger partial charge in [-0.15, -0.1) is 0 Å². The van der Waals surface area contributed by atoms with Crippen molar-refractivity contribution in [2.75, 3.05) is 5.73 Å². The van der Waals surface area contributed by atoms with E-state index in [0.29, 0.717) is 5.56 Å². The van der Waals surface area contributed by atoms with Gasteiger partial charge in [-0.1, -0.05) is 0 Å². The van der Waals surface area contributed by atoms with E-state index in [9.17, 15) is 4.79 Å².